The molecular weight excluding hydrogens is 289 g/mol. The van der Waals surface area contributed by atoms with Crippen LogP contribution in [0.15, 0.2) is 22.7 Å². The third-order valence-corrected chi connectivity index (χ3v) is 4.07. The van der Waals surface area contributed by atoms with E-state index in [0.29, 0.717) is 17.0 Å². The van der Waals surface area contributed by atoms with Crippen LogP contribution in [-0.2, 0) is 0 Å². The van der Waals surface area contributed by atoms with Crippen molar-refractivity contribution in [2.45, 2.75) is 26.4 Å². The van der Waals surface area contributed by atoms with Crippen LogP contribution in [-0.4, -0.2) is 5.11 Å². The first-order chi connectivity index (χ1) is 7.44. The summed E-state index contributed by atoms with van der Waals surface area (Å²) in [6.07, 6.45) is -0.221. The van der Waals surface area contributed by atoms with Crippen molar-refractivity contribution in [3.8, 4) is 6.07 Å². The van der Waals surface area contributed by atoms with Crippen LogP contribution >= 0.6 is 27.5 Å². The number of halogens is 2. The van der Waals surface area contributed by atoms with Gasteiger partial charge in [0, 0.05) is 4.47 Å². The van der Waals surface area contributed by atoms with Gasteiger partial charge >= 0.3 is 0 Å². The predicted molar refractivity (Wildman–Crippen MR) is 68.1 cm³/mol. The molecule has 1 rings (SSSR count). The average Bonchev–Trinajstić information content (AvgIpc) is 2.30. The SMILES string of the molecule is CCC(C)(C#N)C(O)c1ccc(Cl)c(Br)c1. The lowest BCUT2D eigenvalue weighted by atomic mass is 9.80. The molecule has 0 heterocycles. The molecule has 2 atom stereocenters. The fourth-order valence-electron chi connectivity index (χ4n) is 1.38. The number of nitrogens with zero attached hydrogens (tertiary/aromatic N) is 1. The van der Waals surface area contributed by atoms with Crippen LogP contribution in [0.25, 0.3) is 0 Å². The second kappa shape index (κ2) is 5.18. The van der Waals surface area contributed by atoms with Crippen LogP contribution < -0.4 is 0 Å². The molecule has 0 spiro atoms. The summed E-state index contributed by atoms with van der Waals surface area (Å²) in [5.41, 5.74) is -0.0741. The van der Waals surface area contributed by atoms with Gasteiger partial charge in [-0.1, -0.05) is 24.6 Å². The summed E-state index contributed by atoms with van der Waals surface area (Å²) in [6.45, 7) is 3.64. The minimum absolute atomic E-state index is 0.588. The van der Waals surface area contributed by atoms with E-state index in [2.05, 4.69) is 22.0 Å². The van der Waals surface area contributed by atoms with Crippen molar-refractivity contribution in [2.75, 3.05) is 0 Å². The lowest BCUT2D eigenvalue weighted by Crippen LogP contribution is -2.22. The summed E-state index contributed by atoms with van der Waals surface area (Å²) in [5.74, 6) is 0. The maximum atomic E-state index is 10.2. The van der Waals surface area contributed by atoms with E-state index in [9.17, 15) is 5.11 Å². The minimum Gasteiger partial charge on any atom is -0.387 e. The largest absolute Gasteiger partial charge is 0.387 e. The molecule has 0 amide bonds. The lowest BCUT2D eigenvalue weighted by Gasteiger charge is -2.26. The van der Waals surface area contributed by atoms with Crippen LogP contribution in [0.4, 0.5) is 0 Å². The Morgan fingerprint density at radius 3 is 2.69 bits per heavy atom. The molecule has 0 bridgehead atoms. The first-order valence-electron chi connectivity index (χ1n) is 4.99. The molecule has 16 heavy (non-hydrogen) atoms. The zero-order valence-corrected chi connectivity index (χ0v) is 11.5. The van der Waals surface area contributed by atoms with E-state index >= 15 is 0 Å². The fraction of sp³-hybridized carbons (Fsp3) is 0.417. The molecule has 1 N–H and O–H groups in total. The van der Waals surface area contributed by atoms with Crippen molar-refractivity contribution in [1.82, 2.24) is 0 Å². The van der Waals surface area contributed by atoms with Crippen LogP contribution in [0.2, 0.25) is 5.02 Å². The van der Waals surface area contributed by atoms with Gasteiger partial charge in [0.25, 0.3) is 0 Å². The molecule has 2 unspecified atom stereocenters. The van der Waals surface area contributed by atoms with Gasteiger partial charge in [0.15, 0.2) is 0 Å². The van der Waals surface area contributed by atoms with Crippen molar-refractivity contribution in [2.24, 2.45) is 5.41 Å². The summed E-state index contributed by atoms with van der Waals surface area (Å²) in [7, 11) is 0. The number of rotatable bonds is 3. The zero-order valence-electron chi connectivity index (χ0n) is 9.17. The van der Waals surface area contributed by atoms with Crippen LogP contribution in [0.1, 0.15) is 31.9 Å². The van der Waals surface area contributed by atoms with Gasteiger partial charge in [-0.25, -0.2) is 0 Å². The lowest BCUT2D eigenvalue weighted by molar-refractivity contribution is 0.0722. The van der Waals surface area contributed by atoms with Gasteiger partial charge < -0.3 is 5.11 Å². The Bertz CT molecular complexity index is 430. The maximum absolute atomic E-state index is 10.2. The molecule has 0 saturated carbocycles. The summed E-state index contributed by atoms with van der Waals surface area (Å²) < 4.78 is 0.724. The predicted octanol–water partition coefficient (Wildman–Crippen LogP) is 4.08. The minimum atomic E-state index is -0.809. The first-order valence-corrected chi connectivity index (χ1v) is 6.16. The number of hydrogen-bond donors (Lipinski definition) is 1. The Balaban J connectivity index is 3.10. The molecule has 0 aromatic heterocycles. The molecule has 0 aliphatic heterocycles. The van der Waals surface area contributed by atoms with Gasteiger partial charge in [0.2, 0.25) is 0 Å². The third-order valence-electron chi connectivity index (χ3n) is 2.85. The Kier molecular flexibility index (Phi) is 4.37. The van der Waals surface area contributed by atoms with E-state index in [0.717, 1.165) is 4.47 Å². The number of nitriles is 1. The zero-order chi connectivity index (χ0) is 12.3. The van der Waals surface area contributed by atoms with E-state index in [1.807, 2.05) is 6.92 Å². The van der Waals surface area contributed by atoms with E-state index in [-0.39, 0.29) is 0 Å². The molecule has 0 aliphatic rings. The Hall–Kier alpha value is -0.560. The van der Waals surface area contributed by atoms with Gasteiger partial charge in [-0.15, -0.1) is 0 Å². The second-order valence-electron chi connectivity index (χ2n) is 3.96. The average molecular weight is 303 g/mol. The van der Waals surface area contributed by atoms with Crippen molar-refractivity contribution in [3.05, 3.63) is 33.3 Å². The van der Waals surface area contributed by atoms with Crippen molar-refractivity contribution >= 4 is 27.5 Å². The Labute approximate surface area is 109 Å². The van der Waals surface area contributed by atoms with Crippen LogP contribution in [0.3, 0.4) is 0 Å². The number of aliphatic hydroxyl groups is 1. The summed E-state index contributed by atoms with van der Waals surface area (Å²) in [6, 6.07) is 7.36. The number of hydrogen-bond acceptors (Lipinski definition) is 2. The maximum Gasteiger partial charge on any atom is 0.0973 e. The smallest absolute Gasteiger partial charge is 0.0973 e. The molecule has 1 aromatic carbocycles. The van der Waals surface area contributed by atoms with Gasteiger partial charge in [0.05, 0.1) is 22.6 Å². The number of benzene rings is 1. The summed E-state index contributed by atoms with van der Waals surface area (Å²) in [4.78, 5) is 0. The van der Waals surface area contributed by atoms with Crippen molar-refractivity contribution in [1.29, 1.82) is 5.26 Å². The van der Waals surface area contributed by atoms with E-state index in [1.54, 1.807) is 25.1 Å². The van der Waals surface area contributed by atoms with E-state index in [4.69, 9.17) is 16.9 Å². The highest BCUT2D eigenvalue weighted by atomic mass is 79.9. The highest BCUT2D eigenvalue weighted by molar-refractivity contribution is 9.10. The van der Waals surface area contributed by atoms with Crippen molar-refractivity contribution < 1.29 is 5.11 Å². The molecule has 2 nitrogen and oxygen atoms in total. The topological polar surface area (TPSA) is 44.0 Å². The molecule has 4 heteroatoms. The summed E-state index contributed by atoms with van der Waals surface area (Å²) in [5, 5.41) is 19.9. The molecule has 0 aliphatic carbocycles. The highest BCUT2D eigenvalue weighted by Gasteiger charge is 2.32. The monoisotopic (exact) mass is 301 g/mol. The van der Waals surface area contributed by atoms with Gasteiger partial charge in [-0.3, -0.25) is 0 Å². The van der Waals surface area contributed by atoms with Gasteiger partial charge in [-0.2, -0.15) is 5.26 Å². The number of aliphatic hydroxyl groups excluding tert-OH is 1. The van der Waals surface area contributed by atoms with Crippen molar-refractivity contribution in [3.63, 3.8) is 0 Å². The third kappa shape index (κ3) is 2.57. The van der Waals surface area contributed by atoms with E-state index in [1.165, 1.54) is 0 Å². The summed E-state index contributed by atoms with van der Waals surface area (Å²) >= 11 is 9.17. The highest BCUT2D eigenvalue weighted by Crippen LogP contribution is 2.37. The van der Waals surface area contributed by atoms with Gasteiger partial charge in [0.1, 0.15) is 0 Å². The Morgan fingerprint density at radius 2 is 2.25 bits per heavy atom. The molecule has 0 radical (unpaired) electrons. The molecule has 0 fully saturated rings. The van der Waals surface area contributed by atoms with Gasteiger partial charge in [-0.05, 0) is 47.0 Å². The normalized spacial score (nSPS) is 16.2. The molecule has 0 saturated heterocycles. The van der Waals surface area contributed by atoms with Crippen LogP contribution in [0.5, 0.6) is 0 Å². The standard InChI is InChI=1S/C12H13BrClNO/c1-3-12(2,7-15)11(16)8-4-5-10(14)9(13)6-8/h4-6,11,16H,3H2,1-2H3. The first kappa shape index (κ1) is 13.5. The Morgan fingerprint density at radius 1 is 1.62 bits per heavy atom. The molecular formula is C12H13BrClNO. The molecule has 1 aromatic rings. The fourth-order valence-corrected chi connectivity index (χ4v) is 1.90. The van der Waals surface area contributed by atoms with Crippen LogP contribution in [0, 0.1) is 16.7 Å². The quantitative estimate of drug-likeness (QED) is 0.914. The second-order valence-corrected chi connectivity index (χ2v) is 5.22. The molecule has 86 valence electrons. The van der Waals surface area contributed by atoms with E-state index < -0.39 is 11.5 Å².